The summed E-state index contributed by atoms with van der Waals surface area (Å²) < 4.78 is 0. The Morgan fingerprint density at radius 1 is 1.44 bits per heavy atom. The smallest absolute Gasteiger partial charge is 0.224 e. The number of nitrogens with zero attached hydrogens (tertiary/aromatic N) is 2. The van der Waals surface area contributed by atoms with Crippen molar-refractivity contribution in [3.05, 3.63) is 11.2 Å². The standard InChI is InChI=1S/C12H21ClN4O/c1-3-14-12-16-7-10(13)11(17-12)15-6-4-5-9(2)8-18/h7,9,18H,3-6,8H2,1-2H3,(H2,14,15,16,17). The minimum atomic E-state index is 0.235. The van der Waals surface area contributed by atoms with Crippen molar-refractivity contribution in [2.24, 2.45) is 5.92 Å². The summed E-state index contributed by atoms with van der Waals surface area (Å²) in [5.74, 6) is 1.57. The van der Waals surface area contributed by atoms with E-state index < -0.39 is 0 Å². The van der Waals surface area contributed by atoms with Gasteiger partial charge in [-0.2, -0.15) is 4.98 Å². The molecule has 0 aliphatic heterocycles. The fraction of sp³-hybridized carbons (Fsp3) is 0.667. The highest BCUT2D eigenvalue weighted by Gasteiger charge is 2.05. The average Bonchev–Trinajstić information content (AvgIpc) is 2.38. The van der Waals surface area contributed by atoms with E-state index in [0.717, 1.165) is 25.9 Å². The van der Waals surface area contributed by atoms with Crippen molar-refractivity contribution in [1.82, 2.24) is 9.97 Å². The molecule has 1 rings (SSSR count). The van der Waals surface area contributed by atoms with Crippen LogP contribution in [-0.4, -0.2) is 34.8 Å². The van der Waals surface area contributed by atoms with Crippen LogP contribution in [0, 0.1) is 5.92 Å². The van der Waals surface area contributed by atoms with Gasteiger partial charge in [-0.3, -0.25) is 0 Å². The van der Waals surface area contributed by atoms with Crippen molar-refractivity contribution in [3.8, 4) is 0 Å². The maximum absolute atomic E-state index is 8.92. The van der Waals surface area contributed by atoms with Gasteiger partial charge in [0.05, 0.1) is 6.20 Å². The number of anilines is 2. The van der Waals surface area contributed by atoms with Crippen molar-refractivity contribution < 1.29 is 5.11 Å². The largest absolute Gasteiger partial charge is 0.396 e. The van der Waals surface area contributed by atoms with Crippen LogP contribution in [-0.2, 0) is 0 Å². The van der Waals surface area contributed by atoms with Crippen molar-refractivity contribution >= 4 is 23.4 Å². The van der Waals surface area contributed by atoms with Gasteiger partial charge in [-0.25, -0.2) is 4.98 Å². The number of hydrogen-bond acceptors (Lipinski definition) is 5. The van der Waals surface area contributed by atoms with Gasteiger partial charge in [0.25, 0.3) is 0 Å². The van der Waals surface area contributed by atoms with E-state index in [1.165, 1.54) is 0 Å². The van der Waals surface area contributed by atoms with Crippen LogP contribution in [0.15, 0.2) is 6.20 Å². The van der Waals surface area contributed by atoms with Crippen molar-refractivity contribution in [3.63, 3.8) is 0 Å². The van der Waals surface area contributed by atoms with E-state index in [-0.39, 0.29) is 6.61 Å². The second-order valence-electron chi connectivity index (χ2n) is 4.28. The van der Waals surface area contributed by atoms with Gasteiger partial charge >= 0.3 is 0 Å². The Hall–Kier alpha value is -1.07. The predicted octanol–water partition coefficient (Wildman–Crippen LogP) is 2.38. The lowest BCUT2D eigenvalue weighted by atomic mass is 10.1. The molecule has 0 bridgehead atoms. The van der Waals surface area contributed by atoms with E-state index in [0.29, 0.717) is 22.7 Å². The van der Waals surface area contributed by atoms with Gasteiger partial charge in [0, 0.05) is 19.7 Å². The summed E-state index contributed by atoms with van der Waals surface area (Å²) in [5, 5.41) is 15.7. The quantitative estimate of drug-likeness (QED) is 0.634. The van der Waals surface area contributed by atoms with Crippen molar-refractivity contribution in [1.29, 1.82) is 0 Å². The summed E-state index contributed by atoms with van der Waals surface area (Å²) in [5.41, 5.74) is 0. The number of aliphatic hydroxyl groups is 1. The van der Waals surface area contributed by atoms with Crippen molar-refractivity contribution in [2.45, 2.75) is 26.7 Å². The maximum Gasteiger partial charge on any atom is 0.224 e. The van der Waals surface area contributed by atoms with E-state index in [9.17, 15) is 0 Å². The Balaban J connectivity index is 2.43. The first-order valence-electron chi connectivity index (χ1n) is 6.28. The highest BCUT2D eigenvalue weighted by molar-refractivity contribution is 6.32. The summed E-state index contributed by atoms with van der Waals surface area (Å²) in [6.45, 7) is 5.81. The number of aromatic nitrogens is 2. The zero-order chi connectivity index (χ0) is 13.4. The summed E-state index contributed by atoms with van der Waals surface area (Å²) in [6.07, 6.45) is 3.54. The van der Waals surface area contributed by atoms with Gasteiger partial charge in [0.2, 0.25) is 5.95 Å². The number of aliphatic hydroxyl groups excluding tert-OH is 1. The van der Waals surface area contributed by atoms with Crippen LogP contribution in [0.4, 0.5) is 11.8 Å². The Bertz CT molecular complexity index is 362. The van der Waals surface area contributed by atoms with Crippen LogP contribution in [0.2, 0.25) is 5.02 Å². The number of halogens is 1. The van der Waals surface area contributed by atoms with E-state index in [1.54, 1.807) is 6.20 Å². The number of hydrogen-bond donors (Lipinski definition) is 3. The second kappa shape index (κ2) is 8.11. The zero-order valence-electron chi connectivity index (χ0n) is 10.9. The van der Waals surface area contributed by atoms with Crippen LogP contribution in [0.3, 0.4) is 0 Å². The SMILES string of the molecule is CCNc1ncc(Cl)c(NCCCC(C)CO)n1. The molecule has 0 aromatic carbocycles. The Kier molecular flexibility index (Phi) is 6.75. The van der Waals surface area contributed by atoms with Gasteiger partial charge < -0.3 is 15.7 Å². The molecule has 0 aliphatic rings. The molecule has 0 radical (unpaired) electrons. The third kappa shape index (κ3) is 5.06. The summed E-state index contributed by atoms with van der Waals surface area (Å²) in [6, 6.07) is 0. The lowest BCUT2D eigenvalue weighted by Gasteiger charge is -2.10. The normalized spacial score (nSPS) is 12.2. The monoisotopic (exact) mass is 272 g/mol. The highest BCUT2D eigenvalue weighted by Crippen LogP contribution is 2.19. The topological polar surface area (TPSA) is 70.1 Å². The van der Waals surface area contributed by atoms with E-state index >= 15 is 0 Å². The molecule has 3 N–H and O–H groups in total. The molecule has 5 nitrogen and oxygen atoms in total. The van der Waals surface area contributed by atoms with E-state index in [4.69, 9.17) is 16.7 Å². The molecule has 1 aromatic rings. The molecule has 1 atom stereocenters. The molecule has 0 aliphatic carbocycles. The molecule has 6 heteroatoms. The molecule has 0 fully saturated rings. The Morgan fingerprint density at radius 3 is 2.89 bits per heavy atom. The van der Waals surface area contributed by atoms with Crippen LogP contribution in [0.5, 0.6) is 0 Å². The molecule has 1 unspecified atom stereocenters. The molecule has 0 saturated heterocycles. The first-order chi connectivity index (χ1) is 8.67. The van der Waals surface area contributed by atoms with Gasteiger partial charge in [-0.1, -0.05) is 18.5 Å². The number of nitrogens with one attached hydrogen (secondary N) is 2. The van der Waals surface area contributed by atoms with Gasteiger partial charge in [0.15, 0.2) is 0 Å². The zero-order valence-corrected chi connectivity index (χ0v) is 11.7. The lowest BCUT2D eigenvalue weighted by molar-refractivity contribution is 0.229. The molecular weight excluding hydrogens is 252 g/mol. The fourth-order valence-corrected chi connectivity index (χ4v) is 1.64. The minimum absolute atomic E-state index is 0.235. The highest BCUT2D eigenvalue weighted by atomic mass is 35.5. The van der Waals surface area contributed by atoms with Gasteiger partial charge in [-0.15, -0.1) is 0 Å². The molecule has 0 saturated carbocycles. The fourth-order valence-electron chi connectivity index (χ4n) is 1.48. The Labute approximate surface area is 113 Å². The molecule has 1 heterocycles. The molecule has 0 amide bonds. The Morgan fingerprint density at radius 2 is 2.22 bits per heavy atom. The van der Waals surface area contributed by atoms with E-state index in [2.05, 4.69) is 20.6 Å². The van der Waals surface area contributed by atoms with Gasteiger partial charge in [-0.05, 0) is 25.7 Å². The minimum Gasteiger partial charge on any atom is -0.396 e. The van der Waals surface area contributed by atoms with Crippen molar-refractivity contribution in [2.75, 3.05) is 30.3 Å². The first kappa shape index (κ1) is 15.0. The lowest BCUT2D eigenvalue weighted by Crippen LogP contribution is -2.09. The predicted molar refractivity (Wildman–Crippen MR) is 75.2 cm³/mol. The van der Waals surface area contributed by atoms with Crippen LogP contribution in [0.25, 0.3) is 0 Å². The third-order valence-electron chi connectivity index (χ3n) is 2.56. The van der Waals surface area contributed by atoms with Crippen LogP contribution in [0.1, 0.15) is 26.7 Å². The summed E-state index contributed by atoms with van der Waals surface area (Å²) in [4.78, 5) is 8.36. The van der Waals surface area contributed by atoms with E-state index in [1.807, 2.05) is 13.8 Å². The molecular formula is C12H21ClN4O. The third-order valence-corrected chi connectivity index (χ3v) is 2.83. The molecule has 102 valence electrons. The molecule has 18 heavy (non-hydrogen) atoms. The van der Waals surface area contributed by atoms with Crippen LogP contribution >= 0.6 is 11.6 Å². The van der Waals surface area contributed by atoms with Gasteiger partial charge in [0.1, 0.15) is 10.8 Å². The maximum atomic E-state index is 8.92. The second-order valence-corrected chi connectivity index (χ2v) is 4.68. The van der Waals surface area contributed by atoms with Crippen LogP contribution < -0.4 is 10.6 Å². The average molecular weight is 273 g/mol. The summed E-state index contributed by atoms with van der Waals surface area (Å²) >= 11 is 6.01. The molecule has 1 aromatic heterocycles. The first-order valence-corrected chi connectivity index (χ1v) is 6.66. The molecule has 0 spiro atoms. The number of rotatable bonds is 8. The summed E-state index contributed by atoms with van der Waals surface area (Å²) in [7, 11) is 0.